The van der Waals surface area contributed by atoms with Gasteiger partial charge in [-0.05, 0) is 42.2 Å². The first kappa shape index (κ1) is 16.0. The molecular weight excluding hydrogens is 274 g/mol. The molecule has 4 nitrogen and oxygen atoms in total. The monoisotopic (exact) mass is 297 g/mol. The lowest BCUT2D eigenvalue weighted by molar-refractivity contribution is -0.116. The number of rotatable bonds is 6. The third kappa shape index (κ3) is 4.88. The van der Waals surface area contributed by atoms with Crippen LogP contribution in [0.1, 0.15) is 32.8 Å². The van der Waals surface area contributed by atoms with Gasteiger partial charge in [0.1, 0.15) is 5.82 Å². The maximum atomic E-state index is 11.7. The summed E-state index contributed by atoms with van der Waals surface area (Å²) in [4.78, 5) is 16.0. The predicted molar refractivity (Wildman–Crippen MR) is 91.4 cm³/mol. The van der Waals surface area contributed by atoms with Crippen LogP contribution in [0.2, 0.25) is 0 Å². The van der Waals surface area contributed by atoms with Crippen molar-refractivity contribution in [3.63, 3.8) is 0 Å². The Labute approximate surface area is 132 Å². The molecule has 2 N–H and O–H groups in total. The number of amides is 1. The van der Waals surface area contributed by atoms with E-state index >= 15 is 0 Å². The molecule has 0 aliphatic heterocycles. The molecule has 1 heterocycles. The first-order chi connectivity index (χ1) is 10.6. The number of carbonyl (C=O) groups is 1. The maximum absolute atomic E-state index is 11.7. The summed E-state index contributed by atoms with van der Waals surface area (Å²) in [6, 6.07) is 12.0. The van der Waals surface area contributed by atoms with Crippen LogP contribution in [0.4, 0.5) is 17.2 Å². The van der Waals surface area contributed by atoms with Gasteiger partial charge >= 0.3 is 0 Å². The molecule has 0 atom stereocenters. The summed E-state index contributed by atoms with van der Waals surface area (Å²) < 4.78 is 0. The number of nitrogens with one attached hydrogen (secondary N) is 2. The Morgan fingerprint density at radius 2 is 1.77 bits per heavy atom. The van der Waals surface area contributed by atoms with Crippen LogP contribution < -0.4 is 10.6 Å². The largest absolute Gasteiger partial charge is 0.354 e. The van der Waals surface area contributed by atoms with Crippen LogP contribution in [0.25, 0.3) is 0 Å². The van der Waals surface area contributed by atoms with Gasteiger partial charge in [0, 0.05) is 12.1 Å². The van der Waals surface area contributed by atoms with E-state index in [1.165, 1.54) is 5.56 Å². The third-order valence-corrected chi connectivity index (χ3v) is 3.28. The van der Waals surface area contributed by atoms with Crippen LogP contribution >= 0.6 is 0 Å². The minimum absolute atomic E-state index is 0.00152. The zero-order valence-electron chi connectivity index (χ0n) is 13.4. The molecule has 1 amide bonds. The molecule has 0 aliphatic carbocycles. The Kier molecular flexibility index (Phi) is 5.53. The molecule has 1 aromatic heterocycles. The van der Waals surface area contributed by atoms with Crippen molar-refractivity contribution >= 4 is 23.1 Å². The second-order valence-electron chi connectivity index (χ2n) is 5.75. The smallest absolute Gasteiger partial charge is 0.225 e. The number of aromatic nitrogens is 1. The summed E-state index contributed by atoms with van der Waals surface area (Å²) in [5, 5.41) is 6.09. The van der Waals surface area contributed by atoms with Gasteiger partial charge in [0.25, 0.3) is 0 Å². The number of anilines is 3. The highest BCUT2D eigenvalue weighted by atomic mass is 16.1. The summed E-state index contributed by atoms with van der Waals surface area (Å²) in [5.74, 6) is 0.919. The fourth-order valence-electron chi connectivity index (χ4n) is 2.10. The number of pyridine rings is 1. The van der Waals surface area contributed by atoms with E-state index in [1.54, 1.807) is 12.3 Å². The van der Waals surface area contributed by atoms with E-state index in [2.05, 4.69) is 46.8 Å². The molecular formula is C18H23N3O. The molecule has 1 aromatic carbocycles. The second kappa shape index (κ2) is 7.59. The molecule has 0 unspecified atom stereocenters. The topological polar surface area (TPSA) is 54.0 Å². The number of nitrogens with zero attached hydrogens (tertiary/aromatic N) is 1. The van der Waals surface area contributed by atoms with Crippen LogP contribution in [0.3, 0.4) is 0 Å². The number of hydrogen-bond acceptors (Lipinski definition) is 3. The lowest BCUT2D eigenvalue weighted by Crippen LogP contribution is -2.14. The quantitative estimate of drug-likeness (QED) is 0.832. The first-order valence-corrected chi connectivity index (χ1v) is 7.68. The molecule has 0 fully saturated rings. The molecule has 0 radical (unpaired) electrons. The summed E-state index contributed by atoms with van der Waals surface area (Å²) in [5.41, 5.74) is 3.23. The number of benzene rings is 1. The molecule has 4 heteroatoms. The molecule has 0 spiro atoms. The molecule has 0 saturated carbocycles. The van der Waals surface area contributed by atoms with Crippen molar-refractivity contribution in [3.05, 3.63) is 48.2 Å². The average molecular weight is 297 g/mol. The molecule has 116 valence electrons. The van der Waals surface area contributed by atoms with Crippen molar-refractivity contribution in [2.75, 3.05) is 10.6 Å². The van der Waals surface area contributed by atoms with Gasteiger partial charge < -0.3 is 10.6 Å². The highest BCUT2D eigenvalue weighted by molar-refractivity contribution is 5.89. The Bertz CT molecular complexity index is 603. The van der Waals surface area contributed by atoms with Crippen LogP contribution in [0.5, 0.6) is 0 Å². The fourth-order valence-corrected chi connectivity index (χ4v) is 2.10. The van der Waals surface area contributed by atoms with Crippen molar-refractivity contribution in [2.24, 2.45) is 5.92 Å². The highest BCUT2D eigenvalue weighted by Crippen LogP contribution is 2.18. The van der Waals surface area contributed by atoms with Gasteiger partial charge in [0.2, 0.25) is 5.91 Å². The summed E-state index contributed by atoms with van der Waals surface area (Å²) >= 11 is 0. The van der Waals surface area contributed by atoms with E-state index < -0.39 is 0 Å². The number of aryl methyl sites for hydroxylation is 1. The highest BCUT2D eigenvalue weighted by Gasteiger charge is 2.06. The Morgan fingerprint density at radius 1 is 1.09 bits per heavy atom. The average Bonchev–Trinajstić information content (AvgIpc) is 2.49. The van der Waals surface area contributed by atoms with Crippen molar-refractivity contribution < 1.29 is 4.79 Å². The molecule has 0 aliphatic rings. The SMILES string of the molecule is CCc1ccc(Nc2ccc(NC(=O)CC(C)C)nc2)cc1. The number of hydrogen-bond donors (Lipinski definition) is 2. The standard InChI is InChI=1S/C18H23N3O/c1-4-14-5-7-15(8-6-14)20-16-9-10-17(19-12-16)21-18(22)11-13(2)3/h5-10,12-13,20H,4,11H2,1-3H3,(H,19,21,22). The van der Waals surface area contributed by atoms with E-state index in [4.69, 9.17) is 0 Å². The lowest BCUT2D eigenvalue weighted by atomic mass is 10.1. The fraction of sp³-hybridized carbons (Fsp3) is 0.333. The van der Waals surface area contributed by atoms with Gasteiger partial charge in [-0.3, -0.25) is 4.79 Å². The van der Waals surface area contributed by atoms with E-state index in [9.17, 15) is 4.79 Å². The van der Waals surface area contributed by atoms with Gasteiger partial charge in [-0.2, -0.15) is 0 Å². The van der Waals surface area contributed by atoms with Crippen molar-refractivity contribution in [1.82, 2.24) is 4.98 Å². The van der Waals surface area contributed by atoms with Gasteiger partial charge in [-0.25, -0.2) is 4.98 Å². The summed E-state index contributed by atoms with van der Waals surface area (Å²) in [7, 11) is 0. The molecule has 0 saturated heterocycles. The second-order valence-corrected chi connectivity index (χ2v) is 5.75. The summed E-state index contributed by atoms with van der Waals surface area (Å²) in [6.45, 7) is 6.17. The van der Waals surface area contributed by atoms with Crippen LogP contribution in [0.15, 0.2) is 42.6 Å². The molecule has 22 heavy (non-hydrogen) atoms. The maximum Gasteiger partial charge on any atom is 0.225 e. The van der Waals surface area contributed by atoms with Crippen molar-refractivity contribution in [2.45, 2.75) is 33.6 Å². The van der Waals surface area contributed by atoms with Crippen molar-refractivity contribution in [3.8, 4) is 0 Å². The van der Waals surface area contributed by atoms with Gasteiger partial charge in [-0.1, -0.05) is 32.9 Å². The van der Waals surface area contributed by atoms with Crippen LogP contribution in [-0.2, 0) is 11.2 Å². The minimum atomic E-state index is -0.00152. The minimum Gasteiger partial charge on any atom is -0.354 e. The third-order valence-electron chi connectivity index (χ3n) is 3.28. The molecule has 2 aromatic rings. The zero-order valence-corrected chi connectivity index (χ0v) is 13.4. The predicted octanol–water partition coefficient (Wildman–Crippen LogP) is 4.37. The van der Waals surface area contributed by atoms with Gasteiger partial charge in [-0.15, -0.1) is 0 Å². The Balaban J connectivity index is 1.94. The van der Waals surface area contributed by atoms with E-state index in [-0.39, 0.29) is 5.91 Å². The summed E-state index contributed by atoms with van der Waals surface area (Å²) in [6.07, 6.45) is 3.26. The van der Waals surface area contributed by atoms with E-state index in [0.29, 0.717) is 18.2 Å². The Morgan fingerprint density at radius 3 is 2.32 bits per heavy atom. The Hall–Kier alpha value is -2.36. The molecule has 0 bridgehead atoms. The zero-order chi connectivity index (χ0) is 15.9. The lowest BCUT2D eigenvalue weighted by Gasteiger charge is -2.09. The first-order valence-electron chi connectivity index (χ1n) is 7.68. The van der Waals surface area contributed by atoms with Crippen molar-refractivity contribution in [1.29, 1.82) is 0 Å². The molecule has 2 rings (SSSR count). The van der Waals surface area contributed by atoms with Crippen LogP contribution in [0, 0.1) is 5.92 Å². The van der Waals surface area contributed by atoms with E-state index in [1.807, 2.05) is 19.9 Å². The van der Waals surface area contributed by atoms with Gasteiger partial charge in [0.15, 0.2) is 0 Å². The van der Waals surface area contributed by atoms with E-state index in [0.717, 1.165) is 17.8 Å². The van der Waals surface area contributed by atoms with Crippen LogP contribution in [-0.4, -0.2) is 10.9 Å². The number of carbonyl (C=O) groups excluding carboxylic acids is 1. The van der Waals surface area contributed by atoms with Gasteiger partial charge in [0.05, 0.1) is 11.9 Å². The normalized spacial score (nSPS) is 10.5.